The number of benzene rings is 2. The molecule has 0 amide bonds. The summed E-state index contributed by atoms with van der Waals surface area (Å²) in [5, 5.41) is 3.45. The lowest BCUT2D eigenvalue weighted by Gasteiger charge is -2.10. The molecule has 0 radical (unpaired) electrons. The maximum atomic E-state index is 12.5. The molecule has 0 saturated carbocycles. The van der Waals surface area contributed by atoms with Crippen LogP contribution in [0.3, 0.4) is 0 Å². The summed E-state index contributed by atoms with van der Waals surface area (Å²) < 4.78 is 5.49. The second kappa shape index (κ2) is 5.24. The summed E-state index contributed by atoms with van der Waals surface area (Å²) in [6.07, 6.45) is 1.70. The Morgan fingerprint density at radius 1 is 0.909 bits per heavy atom. The normalized spacial score (nSPS) is 10.9. The second-order valence-corrected chi connectivity index (χ2v) is 5.73. The van der Waals surface area contributed by atoms with Crippen molar-refractivity contribution < 1.29 is 4.42 Å². The number of thiazole rings is 1. The van der Waals surface area contributed by atoms with Gasteiger partial charge >= 0.3 is 5.63 Å². The Balaban J connectivity index is 2.19. The van der Waals surface area contributed by atoms with Crippen LogP contribution in [0.4, 0.5) is 0 Å². The van der Waals surface area contributed by atoms with Crippen LogP contribution in [0.15, 0.2) is 75.4 Å². The summed E-state index contributed by atoms with van der Waals surface area (Å²) in [7, 11) is 0. The van der Waals surface area contributed by atoms with Crippen molar-refractivity contribution in [2.24, 2.45) is 0 Å². The molecule has 4 rings (SSSR count). The zero-order valence-corrected chi connectivity index (χ0v) is 12.3. The van der Waals surface area contributed by atoms with Gasteiger partial charge in [0.1, 0.15) is 16.2 Å². The fourth-order valence-electron chi connectivity index (χ4n) is 2.60. The molecular weight excluding hydrogens is 294 g/mol. The van der Waals surface area contributed by atoms with E-state index in [0.29, 0.717) is 16.2 Å². The molecule has 0 aliphatic carbocycles. The maximum absolute atomic E-state index is 12.5. The standard InChI is InChI=1S/C18H11NO2S/c20-18-16(17-19-10-11-22-17)15(12-6-2-1-3-7-12)13-8-4-5-9-14(13)21-18/h1-11H. The van der Waals surface area contributed by atoms with Crippen LogP contribution in [0.2, 0.25) is 0 Å². The highest BCUT2D eigenvalue weighted by Crippen LogP contribution is 2.36. The smallest absolute Gasteiger partial charge is 0.347 e. The third-order valence-electron chi connectivity index (χ3n) is 3.52. The molecule has 3 nitrogen and oxygen atoms in total. The first-order valence-electron chi connectivity index (χ1n) is 6.86. The molecular formula is C18H11NO2S. The molecule has 2 aromatic carbocycles. The fraction of sp³-hybridized carbons (Fsp3) is 0. The van der Waals surface area contributed by atoms with Crippen LogP contribution in [-0.2, 0) is 0 Å². The van der Waals surface area contributed by atoms with Gasteiger partial charge in [0, 0.05) is 22.5 Å². The van der Waals surface area contributed by atoms with Crippen LogP contribution in [0.25, 0.3) is 32.7 Å². The quantitative estimate of drug-likeness (QED) is 0.509. The molecule has 0 aliphatic rings. The third-order valence-corrected chi connectivity index (χ3v) is 4.31. The topological polar surface area (TPSA) is 43.1 Å². The van der Waals surface area contributed by atoms with Gasteiger partial charge in [-0.2, -0.15) is 0 Å². The number of fused-ring (bicyclic) bond motifs is 1. The molecule has 4 heteroatoms. The van der Waals surface area contributed by atoms with Crippen molar-refractivity contribution in [1.29, 1.82) is 0 Å². The van der Waals surface area contributed by atoms with Gasteiger partial charge in [-0.25, -0.2) is 9.78 Å². The van der Waals surface area contributed by atoms with E-state index in [4.69, 9.17) is 4.42 Å². The predicted octanol–water partition coefficient (Wildman–Crippen LogP) is 4.58. The van der Waals surface area contributed by atoms with E-state index < -0.39 is 0 Å². The fourth-order valence-corrected chi connectivity index (χ4v) is 3.27. The Morgan fingerprint density at radius 2 is 1.68 bits per heavy atom. The van der Waals surface area contributed by atoms with Gasteiger partial charge in [0.2, 0.25) is 0 Å². The molecule has 106 valence electrons. The number of hydrogen-bond acceptors (Lipinski definition) is 4. The highest BCUT2D eigenvalue weighted by atomic mass is 32.1. The predicted molar refractivity (Wildman–Crippen MR) is 89.0 cm³/mol. The number of nitrogens with zero attached hydrogens (tertiary/aromatic N) is 1. The van der Waals surface area contributed by atoms with Gasteiger partial charge < -0.3 is 4.42 Å². The van der Waals surface area contributed by atoms with Gasteiger partial charge in [-0.05, 0) is 11.6 Å². The number of para-hydroxylation sites is 1. The van der Waals surface area contributed by atoms with Gasteiger partial charge in [-0.3, -0.25) is 0 Å². The van der Waals surface area contributed by atoms with Crippen LogP contribution in [0, 0.1) is 0 Å². The molecule has 22 heavy (non-hydrogen) atoms. The van der Waals surface area contributed by atoms with Crippen LogP contribution in [-0.4, -0.2) is 4.98 Å². The van der Waals surface area contributed by atoms with Gasteiger partial charge in [0.25, 0.3) is 0 Å². The van der Waals surface area contributed by atoms with E-state index in [1.165, 1.54) is 11.3 Å². The second-order valence-electron chi connectivity index (χ2n) is 4.84. The minimum Gasteiger partial charge on any atom is -0.422 e. The molecule has 0 bridgehead atoms. The van der Waals surface area contributed by atoms with Gasteiger partial charge in [0.05, 0.1) is 0 Å². The molecule has 0 saturated heterocycles. The van der Waals surface area contributed by atoms with Crippen molar-refractivity contribution in [3.05, 3.63) is 76.6 Å². The highest BCUT2D eigenvalue weighted by molar-refractivity contribution is 7.13. The van der Waals surface area contributed by atoms with Crippen molar-refractivity contribution in [3.8, 4) is 21.7 Å². The Kier molecular flexibility index (Phi) is 3.09. The summed E-state index contributed by atoms with van der Waals surface area (Å²) >= 11 is 1.44. The Bertz CT molecular complexity index is 989. The lowest BCUT2D eigenvalue weighted by molar-refractivity contribution is 0.564. The Hall–Kier alpha value is -2.72. The van der Waals surface area contributed by atoms with Crippen molar-refractivity contribution in [1.82, 2.24) is 4.98 Å². The largest absolute Gasteiger partial charge is 0.422 e. The lowest BCUT2D eigenvalue weighted by atomic mass is 9.97. The Labute approximate surface area is 130 Å². The van der Waals surface area contributed by atoms with E-state index in [-0.39, 0.29) is 5.63 Å². The van der Waals surface area contributed by atoms with Crippen molar-refractivity contribution >= 4 is 22.3 Å². The molecule has 0 fully saturated rings. The molecule has 4 aromatic rings. The Morgan fingerprint density at radius 3 is 2.45 bits per heavy atom. The zero-order valence-electron chi connectivity index (χ0n) is 11.5. The van der Waals surface area contributed by atoms with Gasteiger partial charge in [0.15, 0.2) is 0 Å². The first-order chi connectivity index (χ1) is 10.8. The first kappa shape index (κ1) is 13.0. The van der Waals surface area contributed by atoms with Crippen molar-refractivity contribution in [3.63, 3.8) is 0 Å². The SMILES string of the molecule is O=c1oc2ccccc2c(-c2ccccc2)c1-c1nccs1. The van der Waals surface area contributed by atoms with E-state index in [2.05, 4.69) is 4.98 Å². The molecule has 2 heterocycles. The molecule has 0 unspecified atom stereocenters. The van der Waals surface area contributed by atoms with Crippen LogP contribution in [0.5, 0.6) is 0 Å². The third kappa shape index (κ3) is 2.05. The average Bonchev–Trinajstić information content (AvgIpc) is 3.08. The summed E-state index contributed by atoms with van der Waals surface area (Å²) in [5.74, 6) is 0. The number of rotatable bonds is 2. The minimum absolute atomic E-state index is 0.354. The van der Waals surface area contributed by atoms with E-state index in [1.807, 2.05) is 60.0 Å². The molecule has 0 spiro atoms. The summed E-state index contributed by atoms with van der Waals surface area (Å²) in [6, 6.07) is 17.5. The molecule has 0 N–H and O–H groups in total. The average molecular weight is 305 g/mol. The van der Waals surface area contributed by atoms with E-state index in [0.717, 1.165) is 16.5 Å². The minimum atomic E-state index is -0.354. The number of aromatic nitrogens is 1. The van der Waals surface area contributed by atoms with E-state index in [1.54, 1.807) is 6.20 Å². The van der Waals surface area contributed by atoms with Crippen LogP contribution < -0.4 is 5.63 Å². The summed E-state index contributed by atoms with van der Waals surface area (Å²) in [6.45, 7) is 0. The van der Waals surface area contributed by atoms with Gasteiger partial charge in [-0.15, -0.1) is 11.3 Å². The van der Waals surface area contributed by atoms with Crippen LogP contribution >= 0.6 is 11.3 Å². The monoisotopic (exact) mass is 305 g/mol. The summed E-state index contributed by atoms with van der Waals surface area (Å²) in [5.41, 5.74) is 2.62. The van der Waals surface area contributed by atoms with Gasteiger partial charge in [-0.1, -0.05) is 48.5 Å². The number of hydrogen-bond donors (Lipinski definition) is 0. The van der Waals surface area contributed by atoms with E-state index in [9.17, 15) is 4.79 Å². The lowest BCUT2D eigenvalue weighted by Crippen LogP contribution is -2.05. The van der Waals surface area contributed by atoms with Crippen molar-refractivity contribution in [2.45, 2.75) is 0 Å². The first-order valence-corrected chi connectivity index (χ1v) is 7.74. The zero-order chi connectivity index (χ0) is 14.9. The maximum Gasteiger partial charge on any atom is 0.347 e. The highest BCUT2D eigenvalue weighted by Gasteiger charge is 2.19. The van der Waals surface area contributed by atoms with Crippen LogP contribution in [0.1, 0.15) is 0 Å². The van der Waals surface area contributed by atoms with E-state index >= 15 is 0 Å². The summed E-state index contributed by atoms with van der Waals surface area (Å²) in [4.78, 5) is 16.8. The van der Waals surface area contributed by atoms with Crippen molar-refractivity contribution in [2.75, 3.05) is 0 Å². The molecule has 0 aliphatic heterocycles. The molecule has 0 atom stereocenters. The molecule has 2 aromatic heterocycles.